The zero-order chi connectivity index (χ0) is 20.3. The molecule has 5 atom stereocenters. The number of ether oxygens (including phenoxy) is 1. The van der Waals surface area contributed by atoms with Gasteiger partial charge in [0.1, 0.15) is 0 Å². The SMILES string of the molecule is CC1(C)C2CCC3=C(CC[C@@]4(C)C3=CC[C@@H]4CCOC(=O)O)[C@@]2(C)CC[C@@H]1O. The van der Waals surface area contributed by atoms with Gasteiger partial charge in [-0.25, -0.2) is 4.79 Å². The lowest BCUT2D eigenvalue weighted by atomic mass is 9.46. The van der Waals surface area contributed by atoms with Gasteiger partial charge < -0.3 is 14.9 Å². The van der Waals surface area contributed by atoms with Crippen LogP contribution in [0.3, 0.4) is 0 Å². The van der Waals surface area contributed by atoms with Gasteiger partial charge in [0.25, 0.3) is 0 Å². The van der Waals surface area contributed by atoms with Gasteiger partial charge in [0.2, 0.25) is 0 Å². The Morgan fingerprint density at radius 3 is 2.61 bits per heavy atom. The summed E-state index contributed by atoms with van der Waals surface area (Å²) in [5.41, 5.74) is 5.19. The Balaban J connectivity index is 1.61. The van der Waals surface area contributed by atoms with Gasteiger partial charge in [0.15, 0.2) is 0 Å². The Hall–Kier alpha value is -1.29. The molecule has 1 unspecified atom stereocenters. The maximum atomic E-state index is 10.7. The van der Waals surface area contributed by atoms with Gasteiger partial charge in [-0.1, -0.05) is 39.3 Å². The van der Waals surface area contributed by atoms with Crippen LogP contribution in [-0.4, -0.2) is 29.1 Å². The smallest absolute Gasteiger partial charge is 0.450 e. The summed E-state index contributed by atoms with van der Waals surface area (Å²) >= 11 is 0. The molecule has 156 valence electrons. The van der Waals surface area contributed by atoms with Crippen LogP contribution in [0.15, 0.2) is 22.8 Å². The van der Waals surface area contributed by atoms with Crippen molar-refractivity contribution in [1.29, 1.82) is 0 Å². The summed E-state index contributed by atoms with van der Waals surface area (Å²) in [5.74, 6) is 1.03. The number of aliphatic hydroxyl groups excluding tert-OH is 1. The molecular weight excluding hydrogens is 352 g/mol. The van der Waals surface area contributed by atoms with E-state index in [-0.39, 0.29) is 22.3 Å². The van der Waals surface area contributed by atoms with Gasteiger partial charge in [-0.05, 0) is 90.6 Å². The molecule has 0 spiro atoms. The van der Waals surface area contributed by atoms with Gasteiger partial charge in [-0.3, -0.25) is 0 Å². The largest absolute Gasteiger partial charge is 0.505 e. The molecule has 0 radical (unpaired) electrons. The highest BCUT2D eigenvalue weighted by Gasteiger charge is 2.57. The number of rotatable bonds is 3. The molecule has 0 bridgehead atoms. The number of carbonyl (C=O) groups is 1. The minimum absolute atomic E-state index is 0.0208. The summed E-state index contributed by atoms with van der Waals surface area (Å²) in [7, 11) is 0. The van der Waals surface area contributed by atoms with Crippen LogP contribution in [-0.2, 0) is 4.74 Å². The Labute approximate surface area is 169 Å². The second-order valence-electron chi connectivity index (χ2n) is 10.7. The van der Waals surface area contributed by atoms with Crippen LogP contribution in [0.5, 0.6) is 0 Å². The highest BCUT2D eigenvalue weighted by Crippen LogP contribution is 2.66. The minimum Gasteiger partial charge on any atom is -0.450 e. The molecule has 0 aromatic heterocycles. The predicted molar refractivity (Wildman–Crippen MR) is 109 cm³/mol. The van der Waals surface area contributed by atoms with Crippen molar-refractivity contribution in [3.8, 4) is 0 Å². The van der Waals surface area contributed by atoms with Crippen LogP contribution in [0.4, 0.5) is 4.79 Å². The van der Waals surface area contributed by atoms with Crippen molar-refractivity contribution < 1.29 is 19.7 Å². The quantitative estimate of drug-likeness (QED) is 0.608. The lowest BCUT2D eigenvalue weighted by molar-refractivity contribution is -0.0904. The van der Waals surface area contributed by atoms with E-state index in [4.69, 9.17) is 9.84 Å². The highest BCUT2D eigenvalue weighted by molar-refractivity contribution is 5.56. The summed E-state index contributed by atoms with van der Waals surface area (Å²) < 4.78 is 4.81. The molecular formula is C24H36O4. The zero-order valence-electron chi connectivity index (χ0n) is 17.9. The van der Waals surface area contributed by atoms with E-state index in [1.165, 1.54) is 6.42 Å². The van der Waals surface area contributed by atoms with Crippen molar-refractivity contribution in [3.05, 3.63) is 22.8 Å². The Bertz CT molecular complexity index is 733. The van der Waals surface area contributed by atoms with Gasteiger partial charge in [0, 0.05) is 0 Å². The molecule has 0 aromatic carbocycles. The Morgan fingerprint density at radius 1 is 1.14 bits per heavy atom. The Morgan fingerprint density at radius 2 is 1.89 bits per heavy atom. The van der Waals surface area contributed by atoms with Crippen molar-refractivity contribution >= 4 is 6.16 Å². The van der Waals surface area contributed by atoms with Gasteiger partial charge in [0.05, 0.1) is 12.7 Å². The molecule has 0 saturated heterocycles. The monoisotopic (exact) mass is 388 g/mol. The number of fused-ring (bicyclic) bond motifs is 4. The maximum absolute atomic E-state index is 10.7. The van der Waals surface area contributed by atoms with E-state index in [2.05, 4.69) is 33.8 Å². The third-order valence-electron chi connectivity index (χ3n) is 9.23. The molecule has 0 heterocycles. The number of hydrogen-bond donors (Lipinski definition) is 2. The second kappa shape index (κ2) is 6.62. The maximum Gasteiger partial charge on any atom is 0.505 e. The van der Waals surface area contributed by atoms with E-state index in [0.29, 0.717) is 18.4 Å². The molecule has 0 aliphatic heterocycles. The standard InChI is InChI=1S/C24H36O4/c1-22(2)19-8-6-16-17-7-5-15(11-14-28-21(26)27)23(17,3)12-9-18(16)24(19,4)13-10-20(22)25/h7,15,19-20,25H,5-6,8-14H2,1-4H3,(H,26,27)/t15-,19?,20+,23-,24-/m1/s1. The third kappa shape index (κ3) is 2.78. The van der Waals surface area contributed by atoms with E-state index >= 15 is 0 Å². The summed E-state index contributed by atoms with van der Waals surface area (Å²) in [4.78, 5) is 10.7. The van der Waals surface area contributed by atoms with E-state index < -0.39 is 6.16 Å². The summed E-state index contributed by atoms with van der Waals surface area (Å²) in [6, 6.07) is 0. The molecule has 4 rings (SSSR count). The molecule has 4 aliphatic rings. The fourth-order valence-corrected chi connectivity index (χ4v) is 7.50. The fraction of sp³-hybridized carbons (Fsp3) is 0.792. The van der Waals surface area contributed by atoms with Gasteiger partial charge >= 0.3 is 6.16 Å². The lowest BCUT2D eigenvalue weighted by Gasteiger charge is -2.59. The summed E-state index contributed by atoms with van der Waals surface area (Å²) in [6.07, 6.45) is 9.55. The van der Waals surface area contributed by atoms with Crippen LogP contribution in [0.2, 0.25) is 0 Å². The lowest BCUT2D eigenvalue weighted by Crippen LogP contribution is -2.53. The highest BCUT2D eigenvalue weighted by atomic mass is 16.7. The number of allylic oxidation sites excluding steroid dienone is 4. The molecule has 28 heavy (non-hydrogen) atoms. The van der Waals surface area contributed by atoms with Crippen molar-refractivity contribution in [1.82, 2.24) is 0 Å². The van der Waals surface area contributed by atoms with E-state index in [1.807, 2.05) is 0 Å². The average molecular weight is 389 g/mol. The van der Waals surface area contributed by atoms with E-state index in [1.54, 1.807) is 16.7 Å². The van der Waals surface area contributed by atoms with E-state index in [0.717, 1.165) is 44.9 Å². The second-order valence-corrected chi connectivity index (χ2v) is 10.7. The molecule has 4 aliphatic carbocycles. The minimum atomic E-state index is -1.17. The van der Waals surface area contributed by atoms with Crippen LogP contribution in [0, 0.1) is 28.1 Å². The molecule has 2 N–H and O–H groups in total. The van der Waals surface area contributed by atoms with Crippen molar-refractivity contribution in [2.45, 2.75) is 85.2 Å². The first-order valence-electron chi connectivity index (χ1n) is 11.1. The van der Waals surface area contributed by atoms with Crippen molar-refractivity contribution in [2.24, 2.45) is 28.1 Å². The van der Waals surface area contributed by atoms with Gasteiger partial charge in [-0.15, -0.1) is 0 Å². The predicted octanol–water partition coefficient (Wildman–Crippen LogP) is 5.71. The normalized spacial score (nSPS) is 41.6. The third-order valence-corrected chi connectivity index (χ3v) is 9.23. The Kier molecular flexibility index (Phi) is 4.73. The topological polar surface area (TPSA) is 66.8 Å². The first-order valence-corrected chi connectivity index (χ1v) is 11.1. The first kappa shape index (κ1) is 20.0. The van der Waals surface area contributed by atoms with Crippen LogP contribution in [0.1, 0.15) is 79.1 Å². The number of hydrogen-bond acceptors (Lipinski definition) is 3. The van der Waals surface area contributed by atoms with Crippen molar-refractivity contribution in [2.75, 3.05) is 6.61 Å². The number of carboxylic acid groups (broad SMARTS) is 1. The molecule has 4 heteroatoms. The summed E-state index contributed by atoms with van der Waals surface area (Å²) in [6.45, 7) is 9.70. The van der Waals surface area contributed by atoms with Gasteiger partial charge in [-0.2, -0.15) is 0 Å². The zero-order valence-corrected chi connectivity index (χ0v) is 17.9. The first-order chi connectivity index (χ1) is 13.1. The number of aliphatic hydroxyl groups is 1. The molecule has 1 fully saturated rings. The fourth-order valence-electron chi connectivity index (χ4n) is 7.50. The molecule has 4 nitrogen and oxygen atoms in total. The molecule has 1 saturated carbocycles. The van der Waals surface area contributed by atoms with E-state index in [9.17, 15) is 9.90 Å². The molecule has 0 aromatic rings. The van der Waals surface area contributed by atoms with Crippen LogP contribution < -0.4 is 0 Å². The van der Waals surface area contributed by atoms with Crippen molar-refractivity contribution in [3.63, 3.8) is 0 Å². The van der Waals surface area contributed by atoms with Crippen LogP contribution in [0.25, 0.3) is 0 Å². The summed E-state index contributed by atoms with van der Waals surface area (Å²) in [5, 5.41) is 19.4. The average Bonchev–Trinajstić information content (AvgIpc) is 2.95. The molecule has 0 amide bonds. The van der Waals surface area contributed by atoms with Crippen LogP contribution >= 0.6 is 0 Å².